The molecule has 6 heteroatoms. The summed E-state index contributed by atoms with van der Waals surface area (Å²) >= 11 is 0. The van der Waals surface area contributed by atoms with Crippen LogP contribution in [0.3, 0.4) is 0 Å². The molecule has 0 saturated heterocycles. The Bertz CT molecular complexity index is 694. The van der Waals surface area contributed by atoms with Gasteiger partial charge in [-0.1, -0.05) is 17.2 Å². The average Bonchev–Trinajstić information content (AvgIpc) is 3.02. The first kappa shape index (κ1) is 11.5. The summed E-state index contributed by atoms with van der Waals surface area (Å²) in [6.45, 7) is 0. The third-order valence-electron chi connectivity index (χ3n) is 2.49. The van der Waals surface area contributed by atoms with Gasteiger partial charge in [-0.25, -0.2) is 4.98 Å². The first-order valence-corrected chi connectivity index (χ1v) is 5.77. The maximum absolute atomic E-state index is 5.55. The Kier molecular flexibility index (Phi) is 2.75. The van der Waals surface area contributed by atoms with Gasteiger partial charge < -0.3 is 13.7 Å². The average molecular weight is 256 g/mol. The molecular formula is C13H12N4O2. The van der Waals surface area contributed by atoms with Crippen LogP contribution in [0.15, 0.2) is 33.1 Å². The number of benzene rings is 1. The molecule has 2 heterocycles. The highest BCUT2D eigenvalue weighted by molar-refractivity contribution is 5.75. The van der Waals surface area contributed by atoms with Crippen molar-refractivity contribution in [2.24, 2.45) is 0 Å². The molecule has 6 nitrogen and oxygen atoms in total. The molecule has 3 rings (SSSR count). The first-order chi connectivity index (χ1) is 9.22. The minimum atomic E-state index is 0.408. The van der Waals surface area contributed by atoms with Crippen molar-refractivity contribution >= 4 is 29.3 Å². The molecule has 0 radical (unpaired) electrons. The van der Waals surface area contributed by atoms with E-state index in [1.807, 2.05) is 38.4 Å². The van der Waals surface area contributed by atoms with E-state index in [9.17, 15) is 0 Å². The summed E-state index contributed by atoms with van der Waals surface area (Å²) in [6, 6.07) is 8.04. The lowest BCUT2D eigenvalue weighted by atomic mass is 10.3. The van der Waals surface area contributed by atoms with E-state index in [1.165, 1.54) is 0 Å². The van der Waals surface area contributed by atoms with E-state index in [4.69, 9.17) is 8.83 Å². The molecule has 0 saturated carbocycles. The Morgan fingerprint density at radius 3 is 2.53 bits per heavy atom. The summed E-state index contributed by atoms with van der Waals surface area (Å²) in [6.07, 6.45) is 3.37. The summed E-state index contributed by atoms with van der Waals surface area (Å²) in [5, 5.41) is 7.77. The van der Waals surface area contributed by atoms with Crippen LogP contribution in [0.1, 0.15) is 11.8 Å². The second-order valence-electron chi connectivity index (χ2n) is 4.17. The number of para-hydroxylation sites is 2. The van der Waals surface area contributed by atoms with Crippen LogP contribution in [0.5, 0.6) is 0 Å². The molecule has 0 fully saturated rings. The lowest BCUT2D eigenvalue weighted by molar-refractivity contribution is 0.541. The number of hydrogen-bond acceptors (Lipinski definition) is 6. The standard InChI is InChI=1S/C13H12N4O2/c1-17(2)13-16-15-12(19-13)8-7-11-14-9-5-3-4-6-10(9)18-11/h3-8H,1-2H3. The van der Waals surface area contributed by atoms with Crippen molar-refractivity contribution in [2.45, 2.75) is 0 Å². The highest BCUT2D eigenvalue weighted by Crippen LogP contribution is 2.17. The molecule has 96 valence electrons. The Morgan fingerprint density at radius 2 is 1.79 bits per heavy atom. The Balaban J connectivity index is 1.84. The van der Waals surface area contributed by atoms with Crippen LogP contribution in [0.4, 0.5) is 6.01 Å². The molecule has 0 aliphatic rings. The Hall–Kier alpha value is -2.63. The maximum Gasteiger partial charge on any atom is 0.317 e. The molecule has 0 unspecified atom stereocenters. The summed E-state index contributed by atoms with van der Waals surface area (Å²) in [7, 11) is 3.67. The molecule has 19 heavy (non-hydrogen) atoms. The van der Waals surface area contributed by atoms with Gasteiger partial charge in [0.1, 0.15) is 5.52 Å². The third kappa shape index (κ3) is 2.33. The molecular weight excluding hydrogens is 244 g/mol. The zero-order chi connectivity index (χ0) is 13.2. The summed E-state index contributed by atoms with van der Waals surface area (Å²) < 4.78 is 10.9. The highest BCUT2D eigenvalue weighted by Gasteiger charge is 2.05. The largest absolute Gasteiger partial charge is 0.437 e. The summed E-state index contributed by atoms with van der Waals surface area (Å²) in [5.74, 6) is 0.914. The van der Waals surface area contributed by atoms with Crippen LogP contribution < -0.4 is 4.90 Å². The smallest absolute Gasteiger partial charge is 0.317 e. The molecule has 3 aromatic rings. The number of rotatable bonds is 3. The minimum Gasteiger partial charge on any atom is -0.437 e. The van der Waals surface area contributed by atoms with Gasteiger partial charge in [0.2, 0.25) is 11.8 Å². The fraction of sp³-hybridized carbons (Fsp3) is 0.154. The van der Waals surface area contributed by atoms with Crippen LogP contribution >= 0.6 is 0 Å². The van der Waals surface area contributed by atoms with E-state index >= 15 is 0 Å². The van der Waals surface area contributed by atoms with Crippen LogP contribution in [-0.2, 0) is 0 Å². The zero-order valence-corrected chi connectivity index (χ0v) is 10.6. The van der Waals surface area contributed by atoms with E-state index in [0.29, 0.717) is 17.8 Å². The molecule has 0 spiro atoms. The SMILES string of the molecule is CN(C)c1nnc(C=Cc2nc3ccccc3o2)o1. The second kappa shape index (κ2) is 4.56. The highest BCUT2D eigenvalue weighted by atomic mass is 16.4. The van der Waals surface area contributed by atoms with Gasteiger partial charge >= 0.3 is 6.01 Å². The van der Waals surface area contributed by atoms with Gasteiger partial charge in [0.25, 0.3) is 0 Å². The predicted molar refractivity (Wildman–Crippen MR) is 71.6 cm³/mol. The number of nitrogens with zero attached hydrogens (tertiary/aromatic N) is 4. The number of hydrogen-bond donors (Lipinski definition) is 0. The van der Waals surface area contributed by atoms with Crippen LogP contribution in [0, 0.1) is 0 Å². The van der Waals surface area contributed by atoms with Crippen LogP contribution in [-0.4, -0.2) is 29.3 Å². The number of anilines is 1. The monoisotopic (exact) mass is 256 g/mol. The van der Waals surface area contributed by atoms with Crippen LogP contribution in [0.25, 0.3) is 23.3 Å². The van der Waals surface area contributed by atoms with Gasteiger partial charge in [-0.3, -0.25) is 0 Å². The normalized spacial score (nSPS) is 11.5. The number of oxazole rings is 1. The molecule has 0 aliphatic heterocycles. The number of aromatic nitrogens is 3. The van der Waals surface area contributed by atoms with Crippen molar-refractivity contribution in [2.75, 3.05) is 19.0 Å². The van der Waals surface area contributed by atoms with Gasteiger partial charge in [0, 0.05) is 26.2 Å². The van der Waals surface area contributed by atoms with E-state index in [0.717, 1.165) is 11.1 Å². The van der Waals surface area contributed by atoms with Crippen molar-refractivity contribution < 1.29 is 8.83 Å². The van der Waals surface area contributed by atoms with Crippen molar-refractivity contribution in [1.29, 1.82) is 0 Å². The molecule has 0 atom stereocenters. The van der Waals surface area contributed by atoms with E-state index in [-0.39, 0.29) is 0 Å². The van der Waals surface area contributed by atoms with Crippen molar-refractivity contribution in [1.82, 2.24) is 15.2 Å². The topological polar surface area (TPSA) is 68.2 Å². The van der Waals surface area contributed by atoms with Gasteiger partial charge in [0.05, 0.1) is 0 Å². The third-order valence-corrected chi connectivity index (χ3v) is 2.49. The van der Waals surface area contributed by atoms with Crippen molar-refractivity contribution in [3.05, 3.63) is 36.0 Å². The van der Waals surface area contributed by atoms with Gasteiger partial charge in [-0.15, -0.1) is 5.10 Å². The molecule has 2 aromatic heterocycles. The Labute approximate surface area is 109 Å². The summed E-state index contributed by atoms with van der Waals surface area (Å²) in [5.41, 5.74) is 1.57. The van der Waals surface area contributed by atoms with Crippen LogP contribution in [0.2, 0.25) is 0 Å². The molecule has 0 aliphatic carbocycles. The Morgan fingerprint density at radius 1 is 1.00 bits per heavy atom. The fourth-order valence-electron chi connectivity index (χ4n) is 1.58. The fourth-order valence-corrected chi connectivity index (χ4v) is 1.58. The molecule has 0 bridgehead atoms. The van der Waals surface area contributed by atoms with Gasteiger partial charge in [0.15, 0.2) is 5.58 Å². The molecule has 0 N–H and O–H groups in total. The summed E-state index contributed by atoms with van der Waals surface area (Å²) in [4.78, 5) is 6.06. The lowest BCUT2D eigenvalue weighted by Crippen LogP contribution is -2.08. The predicted octanol–water partition coefficient (Wildman–Crippen LogP) is 2.45. The maximum atomic E-state index is 5.55. The van der Waals surface area contributed by atoms with E-state index < -0.39 is 0 Å². The van der Waals surface area contributed by atoms with Crippen molar-refractivity contribution in [3.63, 3.8) is 0 Å². The van der Waals surface area contributed by atoms with E-state index in [2.05, 4.69) is 15.2 Å². The van der Waals surface area contributed by atoms with Gasteiger partial charge in [-0.05, 0) is 12.1 Å². The quantitative estimate of drug-likeness (QED) is 0.717. The van der Waals surface area contributed by atoms with Gasteiger partial charge in [-0.2, -0.15) is 0 Å². The second-order valence-corrected chi connectivity index (χ2v) is 4.17. The van der Waals surface area contributed by atoms with E-state index in [1.54, 1.807) is 17.1 Å². The molecule has 1 aromatic carbocycles. The van der Waals surface area contributed by atoms with Crippen molar-refractivity contribution in [3.8, 4) is 0 Å². The lowest BCUT2D eigenvalue weighted by Gasteiger charge is -2.02. The minimum absolute atomic E-state index is 0.408. The first-order valence-electron chi connectivity index (χ1n) is 5.77. The zero-order valence-electron chi connectivity index (χ0n) is 10.6. The molecule has 0 amide bonds. The number of fused-ring (bicyclic) bond motifs is 1.